The van der Waals surface area contributed by atoms with Gasteiger partial charge in [-0.2, -0.15) is 0 Å². The largest absolute Gasteiger partial charge is 0.348 e. The van der Waals surface area contributed by atoms with Crippen LogP contribution in [0.25, 0.3) is 0 Å². The minimum absolute atomic E-state index is 0.311. The standard InChI is InChI=1S/C9H16F2N2O3/c1-9(15-4-5-16-9)2-3-12-8(14)13-6-7(10)11/h7H,2-6H2,1H3,(H2,12,13,14). The maximum Gasteiger partial charge on any atom is 0.314 e. The van der Waals surface area contributed by atoms with Gasteiger partial charge in [0.05, 0.1) is 19.8 Å². The summed E-state index contributed by atoms with van der Waals surface area (Å²) in [5.41, 5.74) is 0. The molecule has 1 heterocycles. The molecule has 94 valence electrons. The fourth-order valence-corrected chi connectivity index (χ4v) is 1.34. The third-order valence-electron chi connectivity index (χ3n) is 2.18. The van der Waals surface area contributed by atoms with Crippen molar-refractivity contribution in [1.29, 1.82) is 0 Å². The molecule has 2 amide bonds. The number of halogens is 2. The Morgan fingerprint density at radius 2 is 2.00 bits per heavy atom. The first-order valence-corrected chi connectivity index (χ1v) is 5.10. The second-order valence-corrected chi connectivity index (χ2v) is 3.61. The van der Waals surface area contributed by atoms with E-state index >= 15 is 0 Å². The van der Waals surface area contributed by atoms with Crippen molar-refractivity contribution in [3.63, 3.8) is 0 Å². The van der Waals surface area contributed by atoms with Gasteiger partial charge in [0.25, 0.3) is 6.43 Å². The van der Waals surface area contributed by atoms with Crippen molar-refractivity contribution in [2.24, 2.45) is 0 Å². The maximum absolute atomic E-state index is 11.7. The van der Waals surface area contributed by atoms with E-state index in [1.165, 1.54) is 0 Å². The van der Waals surface area contributed by atoms with Crippen LogP contribution in [-0.4, -0.2) is 44.5 Å². The van der Waals surface area contributed by atoms with Gasteiger partial charge in [-0.1, -0.05) is 0 Å². The van der Waals surface area contributed by atoms with Crippen LogP contribution in [0.15, 0.2) is 0 Å². The lowest BCUT2D eigenvalue weighted by Crippen LogP contribution is -2.40. The van der Waals surface area contributed by atoms with Crippen LogP contribution in [0, 0.1) is 0 Å². The molecule has 1 saturated heterocycles. The SMILES string of the molecule is CC1(CCNC(=O)NCC(F)F)OCCO1. The Labute approximate surface area is 92.5 Å². The molecule has 0 spiro atoms. The van der Waals surface area contributed by atoms with Crippen molar-refractivity contribution in [3.8, 4) is 0 Å². The van der Waals surface area contributed by atoms with Gasteiger partial charge in [0.2, 0.25) is 0 Å². The van der Waals surface area contributed by atoms with E-state index in [4.69, 9.17) is 9.47 Å². The van der Waals surface area contributed by atoms with E-state index in [0.29, 0.717) is 26.2 Å². The Balaban J connectivity index is 2.08. The molecular weight excluding hydrogens is 222 g/mol. The minimum Gasteiger partial charge on any atom is -0.348 e. The van der Waals surface area contributed by atoms with E-state index < -0.39 is 24.8 Å². The molecule has 1 rings (SSSR count). The predicted octanol–water partition coefficient (Wildman–Crippen LogP) is 0.704. The smallest absolute Gasteiger partial charge is 0.314 e. The second-order valence-electron chi connectivity index (χ2n) is 3.61. The first kappa shape index (κ1) is 13.1. The van der Waals surface area contributed by atoms with Crippen molar-refractivity contribution in [1.82, 2.24) is 10.6 Å². The summed E-state index contributed by atoms with van der Waals surface area (Å²) in [5.74, 6) is -0.671. The van der Waals surface area contributed by atoms with Crippen molar-refractivity contribution in [2.45, 2.75) is 25.6 Å². The van der Waals surface area contributed by atoms with Crippen LogP contribution in [0.3, 0.4) is 0 Å². The second kappa shape index (κ2) is 5.95. The molecule has 0 atom stereocenters. The van der Waals surface area contributed by atoms with Gasteiger partial charge in [-0.3, -0.25) is 0 Å². The average Bonchev–Trinajstić information content (AvgIpc) is 2.62. The third kappa shape index (κ3) is 4.71. The van der Waals surface area contributed by atoms with E-state index in [0.717, 1.165) is 0 Å². The van der Waals surface area contributed by atoms with Gasteiger partial charge in [0.15, 0.2) is 5.79 Å². The number of amides is 2. The molecule has 2 N–H and O–H groups in total. The Bertz CT molecular complexity index is 233. The number of urea groups is 1. The number of carbonyl (C=O) groups excluding carboxylic acids is 1. The summed E-state index contributed by atoms with van der Waals surface area (Å²) in [7, 11) is 0. The molecule has 0 aromatic heterocycles. The van der Waals surface area contributed by atoms with Gasteiger partial charge in [0.1, 0.15) is 0 Å². The van der Waals surface area contributed by atoms with Crippen LogP contribution >= 0.6 is 0 Å². The number of hydrogen-bond acceptors (Lipinski definition) is 3. The topological polar surface area (TPSA) is 59.6 Å². The van der Waals surface area contributed by atoms with Crippen molar-refractivity contribution in [2.75, 3.05) is 26.3 Å². The molecule has 0 unspecified atom stereocenters. The van der Waals surface area contributed by atoms with Crippen molar-refractivity contribution >= 4 is 6.03 Å². The van der Waals surface area contributed by atoms with Gasteiger partial charge >= 0.3 is 6.03 Å². The zero-order chi connectivity index (χ0) is 12.0. The molecule has 0 bridgehead atoms. The van der Waals surface area contributed by atoms with E-state index in [1.807, 2.05) is 5.32 Å². The zero-order valence-corrected chi connectivity index (χ0v) is 9.09. The fourth-order valence-electron chi connectivity index (χ4n) is 1.34. The molecule has 1 aliphatic heterocycles. The lowest BCUT2D eigenvalue weighted by molar-refractivity contribution is -0.145. The Morgan fingerprint density at radius 1 is 1.38 bits per heavy atom. The Hall–Kier alpha value is -0.950. The number of carbonyl (C=O) groups is 1. The molecular formula is C9H16F2N2O3. The first-order valence-electron chi connectivity index (χ1n) is 5.10. The summed E-state index contributed by atoms with van der Waals surface area (Å²) in [4.78, 5) is 11.0. The van der Waals surface area contributed by atoms with Crippen molar-refractivity contribution < 1.29 is 23.0 Å². The fraction of sp³-hybridized carbons (Fsp3) is 0.889. The van der Waals surface area contributed by atoms with Crippen LogP contribution in [0.5, 0.6) is 0 Å². The number of ether oxygens (including phenoxy) is 2. The van der Waals surface area contributed by atoms with Crippen LogP contribution in [0.1, 0.15) is 13.3 Å². The quantitative estimate of drug-likeness (QED) is 0.741. The van der Waals surface area contributed by atoms with Crippen LogP contribution in [0.4, 0.5) is 13.6 Å². The molecule has 0 saturated carbocycles. The lowest BCUT2D eigenvalue weighted by Gasteiger charge is -2.22. The summed E-state index contributed by atoms with van der Waals surface area (Å²) < 4.78 is 34.1. The van der Waals surface area contributed by atoms with Crippen LogP contribution < -0.4 is 10.6 Å². The summed E-state index contributed by atoms with van der Waals surface area (Å²) >= 11 is 0. The molecule has 16 heavy (non-hydrogen) atoms. The van der Waals surface area contributed by atoms with Gasteiger partial charge in [-0.15, -0.1) is 0 Å². The molecule has 0 aromatic carbocycles. The molecule has 0 aliphatic carbocycles. The highest BCUT2D eigenvalue weighted by molar-refractivity contribution is 5.73. The summed E-state index contributed by atoms with van der Waals surface area (Å²) in [5, 5.41) is 4.49. The molecule has 7 heteroatoms. The van der Waals surface area contributed by atoms with E-state index in [9.17, 15) is 13.6 Å². The summed E-state index contributed by atoms with van der Waals surface area (Å²) in [6.07, 6.45) is -2.06. The van der Waals surface area contributed by atoms with E-state index in [1.54, 1.807) is 6.92 Å². The normalized spacial score (nSPS) is 18.8. The third-order valence-corrected chi connectivity index (χ3v) is 2.18. The highest BCUT2D eigenvalue weighted by atomic mass is 19.3. The highest BCUT2D eigenvalue weighted by Crippen LogP contribution is 2.21. The van der Waals surface area contributed by atoms with Gasteiger partial charge < -0.3 is 20.1 Å². The molecule has 1 fully saturated rings. The molecule has 1 aliphatic rings. The first-order chi connectivity index (χ1) is 7.52. The van der Waals surface area contributed by atoms with Crippen LogP contribution in [-0.2, 0) is 9.47 Å². The Kier molecular flexibility index (Phi) is 4.88. The Morgan fingerprint density at radius 3 is 2.56 bits per heavy atom. The van der Waals surface area contributed by atoms with Gasteiger partial charge in [-0.05, 0) is 6.92 Å². The number of rotatable bonds is 5. The lowest BCUT2D eigenvalue weighted by atomic mass is 10.2. The molecule has 0 aromatic rings. The monoisotopic (exact) mass is 238 g/mol. The number of hydrogen-bond donors (Lipinski definition) is 2. The van der Waals surface area contributed by atoms with Gasteiger partial charge in [0, 0.05) is 13.0 Å². The summed E-state index contributed by atoms with van der Waals surface area (Å²) in [6.45, 7) is 2.52. The highest BCUT2D eigenvalue weighted by Gasteiger charge is 2.30. The van der Waals surface area contributed by atoms with Gasteiger partial charge in [-0.25, -0.2) is 13.6 Å². The summed E-state index contributed by atoms with van der Waals surface area (Å²) in [6, 6.07) is -0.609. The van der Waals surface area contributed by atoms with Crippen molar-refractivity contribution in [3.05, 3.63) is 0 Å². The van der Waals surface area contributed by atoms with Crippen LogP contribution in [0.2, 0.25) is 0 Å². The van der Waals surface area contributed by atoms with E-state index in [-0.39, 0.29) is 0 Å². The zero-order valence-electron chi connectivity index (χ0n) is 9.09. The average molecular weight is 238 g/mol. The molecule has 5 nitrogen and oxygen atoms in total. The number of nitrogens with one attached hydrogen (secondary N) is 2. The predicted molar refractivity (Wildman–Crippen MR) is 52.3 cm³/mol. The molecule has 0 radical (unpaired) electrons. The van der Waals surface area contributed by atoms with E-state index in [2.05, 4.69) is 5.32 Å². The minimum atomic E-state index is -2.54. The number of alkyl halides is 2. The maximum atomic E-state index is 11.7.